The first-order valence-electron chi connectivity index (χ1n) is 26.9. The normalized spacial score (nSPS) is 20.4. The van der Waals surface area contributed by atoms with Crippen LogP contribution in [0, 0.1) is 25.1 Å². The van der Waals surface area contributed by atoms with Crippen LogP contribution in [0.5, 0.6) is 5.75 Å². The van der Waals surface area contributed by atoms with Crippen molar-refractivity contribution in [2.75, 3.05) is 82.3 Å². The maximum Gasteiger partial charge on any atom is 0.241 e. The Bertz CT molecular complexity index is 3140. The number of guanidine groups is 1. The molecule has 5 aromatic rings. The van der Waals surface area contributed by atoms with Gasteiger partial charge in [-0.05, 0) is 141 Å². The van der Waals surface area contributed by atoms with Gasteiger partial charge in [0.2, 0.25) is 11.9 Å². The smallest absolute Gasteiger partial charge is 0.241 e. The first-order chi connectivity index (χ1) is 36.6. The Kier molecular flexibility index (Phi) is 16.2. The fourth-order valence-electron chi connectivity index (χ4n) is 11.1. The summed E-state index contributed by atoms with van der Waals surface area (Å²) >= 11 is 0. The summed E-state index contributed by atoms with van der Waals surface area (Å²) in [4.78, 5) is 46.3. The number of nitrogens with zero attached hydrogens (tertiary/aromatic N) is 10. The summed E-state index contributed by atoms with van der Waals surface area (Å²) in [5.41, 5.74) is 6.07. The largest absolute Gasteiger partial charge is 0.493 e. The number of halogens is 1. The van der Waals surface area contributed by atoms with Gasteiger partial charge in [0.25, 0.3) is 0 Å². The fourth-order valence-corrected chi connectivity index (χ4v) is 12.4. The Morgan fingerprint density at radius 3 is 2.42 bits per heavy atom. The van der Waals surface area contributed by atoms with E-state index in [-0.39, 0.29) is 58.5 Å². The Balaban J connectivity index is 0.760. The van der Waals surface area contributed by atoms with E-state index in [9.17, 15) is 17.6 Å². The van der Waals surface area contributed by atoms with Crippen LogP contribution < -0.4 is 20.3 Å². The number of aliphatic imine (C=N–C) groups is 2. The average molecular weight is 1070 g/mol. The number of ether oxygens (including phenoxy) is 2. The molecule has 1 amide bonds. The minimum Gasteiger partial charge on any atom is -0.493 e. The third-order valence-electron chi connectivity index (χ3n) is 16.1. The molecule has 77 heavy (non-hydrogen) atoms. The quantitative estimate of drug-likeness (QED) is 0.0396. The highest BCUT2D eigenvalue weighted by atomic mass is 32.2. The zero-order chi connectivity index (χ0) is 54.9. The molecule has 0 aliphatic carbocycles. The van der Waals surface area contributed by atoms with Gasteiger partial charge in [0.15, 0.2) is 9.84 Å². The predicted molar refractivity (Wildman–Crippen MR) is 301 cm³/mol. The van der Waals surface area contributed by atoms with Crippen LogP contribution in [0.25, 0.3) is 10.9 Å². The summed E-state index contributed by atoms with van der Waals surface area (Å²) < 4.78 is 52.6. The van der Waals surface area contributed by atoms with Crippen molar-refractivity contribution < 1.29 is 27.1 Å². The molecular formula is C57H76FN13O5S. The lowest BCUT2D eigenvalue weighted by Crippen LogP contribution is -2.61. The van der Waals surface area contributed by atoms with E-state index in [4.69, 9.17) is 14.5 Å². The molecular weight excluding hydrogens is 998 g/mol. The SMILES string of the molecule is C=N/C(=N\C=C(/C)OCCOc1cc2ncnc(Nc3[nH]nc(C)c3C)c2cc1S(=O)(=O)C(C)(C)C)N1CCC2(CCN(C[C@H]3CN[C@H](C)CN3CC(=O)N3CC(C)(C)c4ncc(Cc5ccc(F)cc5)cc43)CC2)CC1. The number of allylic oxidation sites excluding steroid dienone is 1. The van der Waals surface area contributed by atoms with Gasteiger partial charge in [-0.25, -0.2) is 32.8 Å². The zero-order valence-electron chi connectivity index (χ0n) is 46.2. The van der Waals surface area contributed by atoms with E-state index in [1.54, 1.807) is 51.2 Å². The number of benzene rings is 2. The van der Waals surface area contributed by atoms with Crippen LogP contribution in [0.2, 0.25) is 0 Å². The van der Waals surface area contributed by atoms with E-state index in [0.717, 1.165) is 105 Å². The lowest BCUT2D eigenvalue weighted by atomic mass is 9.71. The molecule has 20 heteroatoms. The Labute approximate surface area is 453 Å². The fraction of sp³-hybridized carbons (Fsp3) is 0.526. The number of hydrogen-bond acceptors (Lipinski definition) is 14. The summed E-state index contributed by atoms with van der Waals surface area (Å²) in [6.45, 7) is 28.3. The average Bonchev–Trinajstić information content (AvgIpc) is 3.89. The number of rotatable bonds is 15. The van der Waals surface area contributed by atoms with Gasteiger partial charge in [0.1, 0.15) is 53.4 Å². The number of anilines is 3. The number of piperidine rings is 2. The number of sulfone groups is 1. The molecule has 18 nitrogen and oxygen atoms in total. The number of carbonyl (C=O) groups excluding carboxylic acids is 1. The predicted octanol–water partition coefficient (Wildman–Crippen LogP) is 7.89. The van der Waals surface area contributed by atoms with Crippen LogP contribution in [0.1, 0.15) is 102 Å². The van der Waals surface area contributed by atoms with Crippen molar-refractivity contribution >= 4 is 56.6 Å². The number of aromatic amines is 1. The molecule has 2 aromatic carbocycles. The molecule has 4 aliphatic rings. The maximum atomic E-state index is 14.3. The standard InChI is InChI=1S/C57H76FN13O5S/c1-37-32-70(34-50(72)71-35-56(8,9)51-47(71)26-42(30-61-51)25-41-11-13-43(58)14-12-41)44(31-60-37)33-68-19-15-57(16-20-68)17-21-69(22-18-57)54(59-10)62-29-38(2)75-23-24-76-48-28-46-45(27-49(48)77(73,74)55(5,6)7)53(64-36-63-46)65-52-39(3)40(4)66-67-52/h11-14,26-30,36-37,44,60H,10,15-25,31-35H2,1-9H3,(H2,63,64,65,66,67)/b38-29+,62-54+/t37-,44-/m1/s1. The second-order valence-electron chi connectivity index (χ2n) is 23.2. The zero-order valence-corrected chi connectivity index (χ0v) is 47.1. The molecule has 3 aromatic heterocycles. The van der Waals surface area contributed by atoms with E-state index >= 15 is 0 Å². The Hall–Kier alpha value is -6.35. The van der Waals surface area contributed by atoms with Gasteiger partial charge in [0.05, 0.1) is 40.1 Å². The van der Waals surface area contributed by atoms with Gasteiger partial charge in [-0.15, -0.1) is 0 Å². The van der Waals surface area contributed by atoms with Gasteiger partial charge in [-0.1, -0.05) is 26.0 Å². The first-order valence-corrected chi connectivity index (χ1v) is 28.4. The van der Waals surface area contributed by atoms with Crippen molar-refractivity contribution in [3.63, 3.8) is 0 Å². The minimum absolute atomic E-state index is 0.0353. The van der Waals surface area contributed by atoms with Gasteiger partial charge in [-0.3, -0.25) is 19.8 Å². The number of amides is 1. The van der Waals surface area contributed by atoms with E-state index in [1.807, 2.05) is 31.9 Å². The summed E-state index contributed by atoms with van der Waals surface area (Å²) in [5.74, 6) is 2.21. The molecule has 0 bridgehead atoms. The number of hydrogen-bond donors (Lipinski definition) is 3. The number of aromatic nitrogens is 5. The van der Waals surface area contributed by atoms with Crippen molar-refractivity contribution in [3.8, 4) is 5.75 Å². The van der Waals surface area contributed by atoms with E-state index in [1.165, 1.54) is 18.5 Å². The molecule has 9 rings (SSSR count). The number of H-pyrrole nitrogens is 1. The summed E-state index contributed by atoms with van der Waals surface area (Å²) in [6.07, 6.45) is 9.88. The maximum absolute atomic E-state index is 14.3. The number of piperazine rings is 1. The summed E-state index contributed by atoms with van der Waals surface area (Å²) in [6, 6.07) is 12.4. The lowest BCUT2D eigenvalue weighted by molar-refractivity contribution is -0.120. The van der Waals surface area contributed by atoms with Crippen molar-refractivity contribution in [3.05, 3.63) is 101 Å². The molecule has 0 saturated carbocycles. The molecule has 3 fully saturated rings. The molecule has 3 saturated heterocycles. The number of carbonyl (C=O) groups is 1. The highest BCUT2D eigenvalue weighted by molar-refractivity contribution is 7.92. The summed E-state index contributed by atoms with van der Waals surface area (Å²) in [5, 5.41) is 14.7. The Morgan fingerprint density at radius 1 is 1.00 bits per heavy atom. The topological polar surface area (TPSA) is 199 Å². The van der Waals surface area contributed by atoms with Gasteiger partial charge < -0.3 is 34.8 Å². The van der Waals surface area contributed by atoms with Crippen LogP contribution in [0.3, 0.4) is 0 Å². The monoisotopic (exact) mass is 1070 g/mol. The molecule has 3 N–H and O–H groups in total. The number of aryl methyl sites for hydroxylation is 1. The van der Waals surface area contributed by atoms with Gasteiger partial charge >= 0.3 is 0 Å². The molecule has 7 heterocycles. The first kappa shape index (κ1) is 55.4. The van der Waals surface area contributed by atoms with Crippen LogP contribution in [-0.4, -0.2) is 156 Å². The van der Waals surface area contributed by atoms with E-state index < -0.39 is 14.6 Å². The number of pyridine rings is 1. The summed E-state index contributed by atoms with van der Waals surface area (Å²) in [7, 11) is -3.86. The lowest BCUT2D eigenvalue weighted by Gasteiger charge is -2.48. The molecule has 0 unspecified atom stereocenters. The number of nitrogens with one attached hydrogen (secondary N) is 3. The molecule has 412 valence electrons. The molecule has 4 aliphatic heterocycles. The van der Waals surface area contributed by atoms with Gasteiger partial charge in [-0.2, -0.15) is 5.10 Å². The second kappa shape index (κ2) is 22.6. The van der Waals surface area contributed by atoms with Crippen LogP contribution >= 0.6 is 0 Å². The van der Waals surface area contributed by atoms with Gasteiger partial charge in [0, 0.05) is 80.0 Å². The number of fused-ring (bicyclic) bond motifs is 2. The van der Waals surface area contributed by atoms with Crippen LogP contribution in [0.4, 0.5) is 21.7 Å². The van der Waals surface area contributed by atoms with E-state index in [2.05, 4.69) is 89.0 Å². The highest BCUT2D eigenvalue weighted by Crippen LogP contribution is 2.43. The van der Waals surface area contributed by atoms with Crippen molar-refractivity contribution in [2.24, 2.45) is 15.4 Å². The Morgan fingerprint density at radius 2 is 1.73 bits per heavy atom. The third kappa shape index (κ3) is 12.4. The second-order valence-corrected chi connectivity index (χ2v) is 25.8. The van der Waals surface area contributed by atoms with Crippen molar-refractivity contribution in [2.45, 2.75) is 122 Å². The number of likely N-dealkylation sites (tertiary alicyclic amines) is 2. The molecule has 2 atom stereocenters. The highest BCUT2D eigenvalue weighted by Gasteiger charge is 2.43. The van der Waals surface area contributed by atoms with E-state index in [0.29, 0.717) is 53.8 Å². The van der Waals surface area contributed by atoms with Crippen LogP contribution in [-0.2, 0) is 31.2 Å². The van der Waals surface area contributed by atoms with Crippen molar-refractivity contribution in [1.82, 2.24) is 45.2 Å². The molecule has 0 radical (unpaired) electrons. The third-order valence-corrected chi connectivity index (χ3v) is 18.6. The minimum atomic E-state index is -3.86. The molecule has 1 spiro atoms. The van der Waals surface area contributed by atoms with Crippen LogP contribution in [0.15, 0.2) is 81.8 Å². The van der Waals surface area contributed by atoms with Crippen molar-refractivity contribution in [1.29, 1.82) is 0 Å².